The van der Waals surface area contributed by atoms with Crippen molar-refractivity contribution in [3.05, 3.63) is 16.4 Å². The molecular weight excluding hydrogens is 286 g/mol. The maximum atomic E-state index is 11.0. The molecular formula is C12H20ClN3O2S. The molecule has 1 aromatic rings. The summed E-state index contributed by atoms with van der Waals surface area (Å²) in [5.74, 6) is -0.418. The van der Waals surface area contributed by atoms with Gasteiger partial charge in [-0.1, -0.05) is 18.5 Å². The van der Waals surface area contributed by atoms with E-state index >= 15 is 0 Å². The SMILES string of the molecule is CCc1nn(C)c(CSC(C)(C)[C@@H](N)C(=O)O)c1Cl. The third kappa shape index (κ3) is 3.64. The molecule has 0 aliphatic carbocycles. The maximum absolute atomic E-state index is 11.0. The quantitative estimate of drug-likeness (QED) is 0.841. The van der Waals surface area contributed by atoms with Gasteiger partial charge in [-0.3, -0.25) is 9.48 Å². The van der Waals surface area contributed by atoms with Gasteiger partial charge in [0.15, 0.2) is 0 Å². The molecule has 1 heterocycles. The molecule has 0 spiro atoms. The zero-order valence-electron chi connectivity index (χ0n) is 11.6. The molecule has 19 heavy (non-hydrogen) atoms. The van der Waals surface area contributed by atoms with Crippen LogP contribution in [0.25, 0.3) is 0 Å². The van der Waals surface area contributed by atoms with E-state index in [0.717, 1.165) is 17.8 Å². The van der Waals surface area contributed by atoms with Crippen molar-refractivity contribution in [2.75, 3.05) is 0 Å². The van der Waals surface area contributed by atoms with Crippen molar-refractivity contribution in [3.63, 3.8) is 0 Å². The van der Waals surface area contributed by atoms with E-state index in [1.54, 1.807) is 4.68 Å². The third-order valence-electron chi connectivity index (χ3n) is 3.10. The van der Waals surface area contributed by atoms with E-state index in [4.69, 9.17) is 22.4 Å². The van der Waals surface area contributed by atoms with E-state index in [1.807, 2.05) is 27.8 Å². The summed E-state index contributed by atoms with van der Waals surface area (Å²) in [5.41, 5.74) is 7.45. The monoisotopic (exact) mass is 305 g/mol. The molecule has 3 N–H and O–H groups in total. The molecule has 5 nitrogen and oxygen atoms in total. The van der Waals surface area contributed by atoms with Gasteiger partial charge in [-0.05, 0) is 20.3 Å². The van der Waals surface area contributed by atoms with Gasteiger partial charge in [0, 0.05) is 17.5 Å². The van der Waals surface area contributed by atoms with Crippen molar-refractivity contribution in [1.29, 1.82) is 0 Å². The number of hydrogen-bond donors (Lipinski definition) is 2. The summed E-state index contributed by atoms with van der Waals surface area (Å²) in [7, 11) is 1.84. The van der Waals surface area contributed by atoms with Crippen molar-refractivity contribution >= 4 is 29.3 Å². The Kier molecular flexibility index (Phi) is 5.29. The van der Waals surface area contributed by atoms with Gasteiger partial charge in [0.05, 0.1) is 16.4 Å². The van der Waals surface area contributed by atoms with Gasteiger partial charge in [0.2, 0.25) is 0 Å². The molecule has 0 saturated heterocycles. The largest absolute Gasteiger partial charge is 0.480 e. The number of carboxylic acids is 1. The van der Waals surface area contributed by atoms with E-state index in [9.17, 15) is 4.79 Å². The van der Waals surface area contributed by atoms with Crippen molar-refractivity contribution in [2.45, 2.75) is 43.7 Å². The number of aromatic nitrogens is 2. The summed E-state index contributed by atoms with van der Waals surface area (Å²) < 4.78 is 1.17. The fourth-order valence-electron chi connectivity index (χ4n) is 1.62. The van der Waals surface area contributed by atoms with Gasteiger partial charge in [-0.2, -0.15) is 5.10 Å². The van der Waals surface area contributed by atoms with E-state index in [0.29, 0.717) is 10.8 Å². The molecule has 0 bridgehead atoms. The Hall–Kier alpha value is -0.720. The molecule has 0 aliphatic heterocycles. The Morgan fingerprint density at radius 1 is 1.63 bits per heavy atom. The number of rotatable bonds is 6. The summed E-state index contributed by atoms with van der Waals surface area (Å²) >= 11 is 7.73. The Bertz CT molecular complexity index is 474. The molecule has 0 saturated carbocycles. The van der Waals surface area contributed by atoms with Crippen LogP contribution >= 0.6 is 23.4 Å². The van der Waals surface area contributed by atoms with Crippen LogP contribution in [0, 0.1) is 0 Å². The first-order valence-corrected chi connectivity index (χ1v) is 7.39. The first-order chi connectivity index (χ1) is 8.70. The van der Waals surface area contributed by atoms with Crippen molar-refractivity contribution in [1.82, 2.24) is 9.78 Å². The van der Waals surface area contributed by atoms with Crippen molar-refractivity contribution < 1.29 is 9.90 Å². The lowest BCUT2D eigenvalue weighted by molar-refractivity contribution is -0.139. The minimum Gasteiger partial charge on any atom is -0.480 e. The van der Waals surface area contributed by atoms with Crippen LogP contribution in [0.2, 0.25) is 5.02 Å². The average molecular weight is 306 g/mol. The molecule has 0 aliphatic rings. The second-order valence-corrected chi connectivity index (χ2v) is 6.90. The highest BCUT2D eigenvalue weighted by Crippen LogP contribution is 2.33. The maximum Gasteiger partial charge on any atom is 0.321 e. The lowest BCUT2D eigenvalue weighted by atomic mass is 10.1. The lowest BCUT2D eigenvalue weighted by Crippen LogP contribution is -2.46. The first kappa shape index (κ1) is 16.3. The normalized spacial score (nSPS) is 13.6. The standard InChI is InChI=1S/C12H20ClN3O2S/c1-5-7-9(13)8(16(4)15-7)6-19-12(2,3)10(14)11(17)18/h10H,5-6,14H2,1-4H3,(H,17,18)/t10-/m0/s1. The number of nitrogens with zero attached hydrogens (tertiary/aromatic N) is 2. The van der Waals surface area contributed by atoms with Crippen molar-refractivity contribution in [2.24, 2.45) is 12.8 Å². The van der Waals surface area contributed by atoms with Gasteiger partial charge in [0.25, 0.3) is 0 Å². The minimum atomic E-state index is -0.997. The van der Waals surface area contributed by atoms with Crippen LogP contribution in [0.4, 0.5) is 0 Å². The van der Waals surface area contributed by atoms with Crippen LogP contribution < -0.4 is 5.73 Å². The molecule has 108 valence electrons. The van der Waals surface area contributed by atoms with E-state index < -0.39 is 16.8 Å². The highest BCUT2D eigenvalue weighted by molar-refractivity contribution is 7.99. The molecule has 0 unspecified atom stereocenters. The van der Waals surface area contributed by atoms with Gasteiger partial charge < -0.3 is 10.8 Å². The molecule has 0 fully saturated rings. The third-order valence-corrected chi connectivity index (χ3v) is 4.95. The number of halogens is 1. The molecule has 0 amide bonds. The second-order valence-electron chi connectivity index (χ2n) is 4.89. The Labute approximate surface area is 122 Å². The molecule has 1 aromatic heterocycles. The number of aliphatic carboxylic acids is 1. The van der Waals surface area contributed by atoms with E-state index in [1.165, 1.54) is 11.8 Å². The predicted molar refractivity (Wildman–Crippen MR) is 78.6 cm³/mol. The summed E-state index contributed by atoms with van der Waals surface area (Å²) in [6, 6.07) is -0.921. The van der Waals surface area contributed by atoms with Gasteiger partial charge in [-0.15, -0.1) is 11.8 Å². The highest BCUT2D eigenvalue weighted by atomic mass is 35.5. The first-order valence-electron chi connectivity index (χ1n) is 6.03. The Morgan fingerprint density at radius 3 is 2.63 bits per heavy atom. The van der Waals surface area contributed by atoms with Gasteiger partial charge >= 0.3 is 5.97 Å². The molecule has 0 radical (unpaired) electrons. The van der Waals surface area contributed by atoms with Crippen LogP contribution in [0.5, 0.6) is 0 Å². The van der Waals surface area contributed by atoms with Crippen LogP contribution in [-0.2, 0) is 24.0 Å². The fraction of sp³-hybridized carbons (Fsp3) is 0.667. The summed E-state index contributed by atoms with van der Waals surface area (Å²) in [4.78, 5) is 11.0. The van der Waals surface area contributed by atoms with Gasteiger partial charge in [-0.25, -0.2) is 0 Å². The zero-order valence-corrected chi connectivity index (χ0v) is 13.2. The summed E-state index contributed by atoms with van der Waals surface area (Å²) in [5, 5.41) is 14.0. The summed E-state index contributed by atoms with van der Waals surface area (Å²) in [6.45, 7) is 5.64. The van der Waals surface area contributed by atoms with Crippen molar-refractivity contribution in [3.8, 4) is 0 Å². The molecule has 0 aromatic carbocycles. The molecule has 1 rings (SSSR count). The topological polar surface area (TPSA) is 81.1 Å². The van der Waals surface area contributed by atoms with Crippen LogP contribution in [0.15, 0.2) is 0 Å². The smallest absolute Gasteiger partial charge is 0.321 e. The highest BCUT2D eigenvalue weighted by Gasteiger charge is 2.33. The lowest BCUT2D eigenvalue weighted by Gasteiger charge is -2.27. The van der Waals surface area contributed by atoms with Gasteiger partial charge in [0.1, 0.15) is 6.04 Å². The average Bonchev–Trinajstić information content (AvgIpc) is 2.60. The van der Waals surface area contributed by atoms with E-state index in [2.05, 4.69) is 5.10 Å². The van der Waals surface area contributed by atoms with Crippen LogP contribution in [0.1, 0.15) is 32.2 Å². The molecule has 1 atom stereocenters. The van der Waals surface area contributed by atoms with Crippen LogP contribution in [-0.4, -0.2) is 31.6 Å². The van der Waals surface area contributed by atoms with Crippen LogP contribution in [0.3, 0.4) is 0 Å². The Morgan fingerprint density at radius 2 is 2.21 bits per heavy atom. The zero-order chi connectivity index (χ0) is 14.8. The molecule has 7 heteroatoms. The summed E-state index contributed by atoms with van der Waals surface area (Å²) in [6.07, 6.45) is 0.773. The number of carboxylic acid groups (broad SMARTS) is 1. The number of carbonyl (C=O) groups is 1. The Balaban J connectivity index is 2.82. The van der Waals surface area contributed by atoms with E-state index in [-0.39, 0.29) is 0 Å². The minimum absolute atomic E-state index is 0.578. The number of aryl methyl sites for hydroxylation is 2. The number of thioether (sulfide) groups is 1. The number of hydrogen-bond acceptors (Lipinski definition) is 4. The predicted octanol–water partition coefficient (Wildman–Crippen LogP) is 2.06. The number of nitrogens with two attached hydrogens (primary N) is 1. The second kappa shape index (κ2) is 6.15. The fourth-order valence-corrected chi connectivity index (χ4v) is 3.18.